The van der Waals surface area contributed by atoms with Crippen molar-refractivity contribution in [3.05, 3.63) is 71.0 Å². The first-order chi connectivity index (χ1) is 9.81. The second kappa shape index (κ2) is 5.75. The van der Waals surface area contributed by atoms with E-state index in [1.165, 1.54) is 0 Å². The molecule has 1 aromatic heterocycles. The molecule has 2 aromatic carbocycles. The van der Waals surface area contributed by atoms with Crippen molar-refractivity contribution in [3.63, 3.8) is 0 Å². The summed E-state index contributed by atoms with van der Waals surface area (Å²) < 4.78 is 0. The first-order valence-electron chi connectivity index (χ1n) is 6.17. The topological polar surface area (TPSA) is 51.6 Å². The highest BCUT2D eigenvalue weighted by Crippen LogP contribution is 2.16. The molecular formula is C15H11ClN4. The lowest BCUT2D eigenvalue weighted by Crippen LogP contribution is -2.03. The standard InChI is InChI=1S/C15H11ClN4/c16-13-8-6-12(7-9-13)15-19-17-14(18-20-15)10-11-4-2-1-3-5-11/h1-9H,10H2. The minimum Gasteiger partial charge on any atom is -0.131 e. The Bertz CT molecular complexity index is 681. The molecule has 0 aliphatic carbocycles. The van der Waals surface area contributed by atoms with Gasteiger partial charge in [0.05, 0.1) is 0 Å². The van der Waals surface area contributed by atoms with Gasteiger partial charge in [-0.1, -0.05) is 41.9 Å². The lowest BCUT2D eigenvalue weighted by atomic mass is 10.1. The van der Waals surface area contributed by atoms with Crippen LogP contribution in [0.25, 0.3) is 11.4 Å². The highest BCUT2D eigenvalue weighted by atomic mass is 35.5. The molecule has 0 saturated heterocycles. The van der Waals surface area contributed by atoms with E-state index in [-0.39, 0.29) is 0 Å². The van der Waals surface area contributed by atoms with Crippen LogP contribution < -0.4 is 0 Å². The lowest BCUT2D eigenvalue weighted by Gasteiger charge is -2.01. The van der Waals surface area contributed by atoms with Crippen molar-refractivity contribution in [2.75, 3.05) is 0 Å². The average Bonchev–Trinajstić information content (AvgIpc) is 2.50. The minimum atomic E-state index is 0.499. The summed E-state index contributed by atoms with van der Waals surface area (Å²) in [6.45, 7) is 0. The molecule has 98 valence electrons. The molecule has 3 rings (SSSR count). The highest BCUT2D eigenvalue weighted by molar-refractivity contribution is 6.30. The van der Waals surface area contributed by atoms with Crippen LogP contribution in [-0.4, -0.2) is 20.4 Å². The predicted molar refractivity (Wildman–Crippen MR) is 77.3 cm³/mol. The van der Waals surface area contributed by atoms with E-state index in [2.05, 4.69) is 20.4 Å². The van der Waals surface area contributed by atoms with Crippen molar-refractivity contribution in [1.29, 1.82) is 0 Å². The van der Waals surface area contributed by atoms with Gasteiger partial charge in [-0.05, 0) is 29.8 Å². The molecule has 0 saturated carbocycles. The zero-order valence-electron chi connectivity index (χ0n) is 10.6. The van der Waals surface area contributed by atoms with Gasteiger partial charge in [0.15, 0.2) is 5.82 Å². The van der Waals surface area contributed by atoms with Crippen LogP contribution in [0.3, 0.4) is 0 Å². The van der Waals surface area contributed by atoms with E-state index in [0.29, 0.717) is 23.1 Å². The third-order valence-electron chi connectivity index (χ3n) is 2.83. The first kappa shape index (κ1) is 12.7. The second-order valence-electron chi connectivity index (χ2n) is 4.31. The molecule has 0 N–H and O–H groups in total. The Hall–Kier alpha value is -2.33. The predicted octanol–water partition coefficient (Wildman–Crippen LogP) is 3.18. The molecule has 0 spiro atoms. The van der Waals surface area contributed by atoms with Crippen LogP contribution >= 0.6 is 11.6 Å². The van der Waals surface area contributed by atoms with Crippen LogP contribution in [0.15, 0.2) is 54.6 Å². The number of benzene rings is 2. The smallest absolute Gasteiger partial charge is 0.131 e. The average molecular weight is 283 g/mol. The Morgan fingerprint density at radius 1 is 0.750 bits per heavy atom. The maximum atomic E-state index is 5.84. The maximum Gasteiger partial charge on any atom is 0.203 e. The molecular weight excluding hydrogens is 272 g/mol. The van der Waals surface area contributed by atoms with Gasteiger partial charge in [0.25, 0.3) is 0 Å². The van der Waals surface area contributed by atoms with Crippen LogP contribution in [0.2, 0.25) is 5.02 Å². The molecule has 5 heteroatoms. The van der Waals surface area contributed by atoms with E-state index >= 15 is 0 Å². The fourth-order valence-corrected chi connectivity index (χ4v) is 1.94. The highest BCUT2D eigenvalue weighted by Gasteiger charge is 2.05. The third-order valence-corrected chi connectivity index (χ3v) is 3.08. The monoisotopic (exact) mass is 282 g/mol. The number of rotatable bonds is 3. The van der Waals surface area contributed by atoms with E-state index in [0.717, 1.165) is 11.1 Å². The molecule has 20 heavy (non-hydrogen) atoms. The number of hydrogen-bond donors (Lipinski definition) is 0. The number of aromatic nitrogens is 4. The molecule has 0 amide bonds. The van der Waals surface area contributed by atoms with Gasteiger partial charge in [-0.25, -0.2) is 0 Å². The minimum absolute atomic E-state index is 0.499. The summed E-state index contributed by atoms with van der Waals surface area (Å²) in [4.78, 5) is 0. The third kappa shape index (κ3) is 2.97. The quantitative estimate of drug-likeness (QED) is 0.740. The number of hydrogen-bond acceptors (Lipinski definition) is 4. The van der Waals surface area contributed by atoms with Gasteiger partial charge in [-0.2, -0.15) is 0 Å². The Kier molecular flexibility index (Phi) is 3.65. The molecule has 3 aromatic rings. The fraction of sp³-hybridized carbons (Fsp3) is 0.0667. The molecule has 1 heterocycles. The summed E-state index contributed by atoms with van der Waals surface area (Å²) in [6.07, 6.45) is 0.627. The summed E-state index contributed by atoms with van der Waals surface area (Å²) in [5.74, 6) is 1.10. The molecule has 0 atom stereocenters. The van der Waals surface area contributed by atoms with Crippen molar-refractivity contribution in [2.24, 2.45) is 0 Å². The van der Waals surface area contributed by atoms with Gasteiger partial charge in [0, 0.05) is 17.0 Å². The van der Waals surface area contributed by atoms with E-state index in [4.69, 9.17) is 11.6 Å². The summed E-state index contributed by atoms with van der Waals surface area (Å²) in [6, 6.07) is 17.3. The molecule has 0 fully saturated rings. The molecule has 0 bridgehead atoms. The normalized spacial score (nSPS) is 10.4. The first-order valence-corrected chi connectivity index (χ1v) is 6.55. The fourth-order valence-electron chi connectivity index (χ4n) is 1.81. The van der Waals surface area contributed by atoms with Crippen molar-refractivity contribution in [3.8, 4) is 11.4 Å². The van der Waals surface area contributed by atoms with Crippen LogP contribution in [0, 0.1) is 0 Å². The van der Waals surface area contributed by atoms with Crippen LogP contribution in [-0.2, 0) is 6.42 Å². The van der Waals surface area contributed by atoms with Gasteiger partial charge >= 0.3 is 0 Å². The Labute approximate surface area is 121 Å². The SMILES string of the molecule is Clc1ccc(-c2nnc(Cc3ccccc3)nn2)cc1. The molecule has 0 unspecified atom stereocenters. The van der Waals surface area contributed by atoms with E-state index in [1.54, 1.807) is 12.1 Å². The van der Waals surface area contributed by atoms with Gasteiger partial charge in [-0.15, -0.1) is 20.4 Å². The van der Waals surface area contributed by atoms with Crippen molar-refractivity contribution in [2.45, 2.75) is 6.42 Å². The van der Waals surface area contributed by atoms with Crippen LogP contribution in [0.4, 0.5) is 0 Å². The summed E-state index contributed by atoms with van der Waals surface area (Å²) in [5, 5.41) is 17.1. The molecule has 0 aliphatic rings. The van der Waals surface area contributed by atoms with Crippen molar-refractivity contribution >= 4 is 11.6 Å². The van der Waals surface area contributed by atoms with Gasteiger partial charge in [0.2, 0.25) is 5.82 Å². The summed E-state index contributed by atoms with van der Waals surface area (Å²) in [7, 11) is 0. The Balaban J connectivity index is 1.79. The number of halogens is 1. The zero-order chi connectivity index (χ0) is 13.8. The van der Waals surface area contributed by atoms with E-state index in [9.17, 15) is 0 Å². The largest absolute Gasteiger partial charge is 0.203 e. The maximum absolute atomic E-state index is 5.84. The van der Waals surface area contributed by atoms with Crippen LogP contribution in [0.1, 0.15) is 11.4 Å². The van der Waals surface area contributed by atoms with E-state index in [1.807, 2.05) is 42.5 Å². The Morgan fingerprint density at radius 3 is 2.05 bits per heavy atom. The lowest BCUT2D eigenvalue weighted by molar-refractivity contribution is 0.787. The summed E-state index contributed by atoms with van der Waals surface area (Å²) in [5.41, 5.74) is 1.98. The molecule has 0 aliphatic heterocycles. The second-order valence-corrected chi connectivity index (χ2v) is 4.75. The van der Waals surface area contributed by atoms with Crippen LogP contribution in [0.5, 0.6) is 0 Å². The van der Waals surface area contributed by atoms with E-state index < -0.39 is 0 Å². The Morgan fingerprint density at radius 2 is 1.40 bits per heavy atom. The van der Waals surface area contributed by atoms with Crippen molar-refractivity contribution in [1.82, 2.24) is 20.4 Å². The van der Waals surface area contributed by atoms with Gasteiger partial charge in [0.1, 0.15) is 0 Å². The van der Waals surface area contributed by atoms with Gasteiger partial charge < -0.3 is 0 Å². The summed E-state index contributed by atoms with van der Waals surface area (Å²) >= 11 is 5.84. The number of nitrogens with zero attached hydrogens (tertiary/aromatic N) is 4. The van der Waals surface area contributed by atoms with Gasteiger partial charge in [-0.3, -0.25) is 0 Å². The molecule has 4 nitrogen and oxygen atoms in total. The van der Waals surface area contributed by atoms with Crippen molar-refractivity contribution < 1.29 is 0 Å². The molecule has 0 radical (unpaired) electrons. The zero-order valence-corrected chi connectivity index (χ0v) is 11.3.